The highest BCUT2D eigenvalue weighted by Crippen LogP contribution is 2.36. The Morgan fingerprint density at radius 3 is 2.29 bits per heavy atom. The molecule has 1 heterocycles. The minimum Gasteiger partial charge on any atom is -0.486 e. The first kappa shape index (κ1) is 24.4. The third-order valence-electron chi connectivity index (χ3n) is 5.08. The van der Waals surface area contributed by atoms with Crippen LogP contribution in [0.5, 0.6) is 5.75 Å². The second-order valence-corrected chi connectivity index (χ2v) is 9.35. The zero-order valence-corrected chi connectivity index (χ0v) is 20.9. The van der Waals surface area contributed by atoms with E-state index in [9.17, 15) is 9.59 Å². The zero-order chi connectivity index (χ0) is 24.4. The van der Waals surface area contributed by atoms with Crippen LogP contribution in [0.1, 0.15) is 22.3 Å². The summed E-state index contributed by atoms with van der Waals surface area (Å²) in [6.07, 6.45) is 1.52. The van der Waals surface area contributed by atoms with E-state index < -0.39 is 11.9 Å². The van der Waals surface area contributed by atoms with Crippen molar-refractivity contribution in [3.05, 3.63) is 103 Å². The molecule has 0 atom stereocenters. The largest absolute Gasteiger partial charge is 0.486 e. The monoisotopic (exact) mass is 534 g/mol. The summed E-state index contributed by atoms with van der Waals surface area (Å²) in [5, 5.41) is 3.99. The van der Waals surface area contributed by atoms with E-state index in [-0.39, 0.29) is 28.9 Å². The number of aryl methyl sites for hydroxylation is 1. The van der Waals surface area contributed by atoms with Gasteiger partial charge in [-0.3, -0.25) is 9.69 Å². The van der Waals surface area contributed by atoms with Gasteiger partial charge in [0.05, 0.1) is 26.6 Å². The van der Waals surface area contributed by atoms with Gasteiger partial charge >= 0.3 is 6.03 Å². The van der Waals surface area contributed by atoms with Crippen LogP contribution in [0, 0.1) is 6.92 Å². The summed E-state index contributed by atoms with van der Waals surface area (Å²) < 4.78 is 5.77. The molecule has 1 aliphatic heterocycles. The second-order valence-electron chi connectivity index (χ2n) is 7.72. The van der Waals surface area contributed by atoms with Crippen LogP contribution in [-0.4, -0.2) is 16.8 Å². The molecule has 3 amide bonds. The van der Waals surface area contributed by atoms with Crippen molar-refractivity contribution in [1.29, 1.82) is 0 Å². The average molecular weight is 536 g/mol. The molecule has 1 N–H and O–H groups in total. The number of carbonyl (C=O) groups excluding carboxylic acids is 2. The van der Waals surface area contributed by atoms with Crippen LogP contribution < -0.4 is 10.1 Å². The molecule has 1 aliphatic rings. The number of amides is 3. The first-order valence-corrected chi connectivity index (χ1v) is 11.7. The lowest BCUT2D eigenvalue weighted by Crippen LogP contribution is -2.30. The van der Waals surface area contributed by atoms with Crippen LogP contribution in [0.3, 0.4) is 0 Å². The predicted octanol–water partition coefficient (Wildman–Crippen LogP) is 7.28. The molecule has 9 heteroatoms. The maximum atomic E-state index is 12.8. The van der Waals surface area contributed by atoms with Crippen molar-refractivity contribution in [3.8, 4) is 5.75 Å². The lowest BCUT2D eigenvalue weighted by atomic mass is 10.1. The Balaban J connectivity index is 1.50. The Labute approximate surface area is 216 Å². The van der Waals surface area contributed by atoms with Gasteiger partial charge in [-0.1, -0.05) is 82.3 Å². The number of hydrogen-bond acceptors (Lipinski definition) is 3. The summed E-state index contributed by atoms with van der Waals surface area (Å²) in [4.78, 5) is 26.4. The van der Waals surface area contributed by atoms with Gasteiger partial charge in [-0.2, -0.15) is 0 Å². The molecule has 34 heavy (non-hydrogen) atoms. The summed E-state index contributed by atoms with van der Waals surface area (Å²) in [6, 6.07) is 15.5. The summed E-state index contributed by atoms with van der Waals surface area (Å²) in [7, 11) is 0. The highest BCUT2D eigenvalue weighted by Gasteiger charge is 2.33. The standard InChI is InChI=1S/C25H18Cl4N2O3/c1-14-3-2-4-15(7-14)12-31-24(32)22(30-25(31)33)11-17-9-20(28)23(21(29)10-17)34-13-16-5-6-18(26)19(27)8-16/h2-11H,12-13H2,1H3,(H,30,33)/b22-11+. The molecule has 0 unspecified atom stereocenters. The van der Waals surface area contributed by atoms with Crippen LogP contribution in [0.15, 0.2) is 60.3 Å². The fourth-order valence-electron chi connectivity index (χ4n) is 3.46. The molecule has 3 aromatic rings. The van der Waals surface area contributed by atoms with Gasteiger partial charge in [0, 0.05) is 0 Å². The molecular weight excluding hydrogens is 518 g/mol. The lowest BCUT2D eigenvalue weighted by Gasteiger charge is -2.12. The number of halogens is 4. The molecule has 1 fully saturated rings. The Hall–Kier alpha value is -2.70. The van der Waals surface area contributed by atoms with Gasteiger partial charge in [-0.05, 0) is 54.0 Å². The van der Waals surface area contributed by atoms with Gasteiger partial charge in [0.15, 0.2) is 5.75 Å². The van der Waals surface area contributed by atoms with Crippen molar-refractivity contribution >= 4 is 64.4 Å². The smallest absolute Gasteiger partial charge is 0.329 e. The summed E-state index contributed by atoms with van der Waals surface area (Å²) in [6.45, 7) is 2.30. The number of benzene rings is 3. The number of rotatable bonds is 6. The zero-order valence-electron chi connectivity index (χ0n) is 17.9. The van der Waals surface area contributed by atoms with E-state index in [4.69, 9.17) is 51.1 Å². The first-order chi connectivity index (χ1) is 16.2. The number of ether oxygens (including phenoxy) is 1. The van der Waals surface area contributed by atoms with Crippen molar-refractivity contribution < 1.29 is 14.3 Å². The molecule has 0 spiro atoms. The van der Waals surface area contributed by atoms with Gasteiger partial charge < -0.3 is 10.1 Å². The first-order valence-electron chi connectivity index (χ1n) is 10.2. The van der Waals surface area contributed by atoms with Crippen LogP contribution >= 0.6 is 46.4 Å². The van der Waals surface area contributed by atoms with E-state index in [1.54, 1.807) is 30.3 Å². The molecule has 1 saturated heterocycles. The van der Waals surface area contributed by atoms with Crippen molar-refractivity contribution in [2.45, 2.75) is 20.1 Å². The summed E-state index contributed by atoms with van der Waals surface area (Å²) in [5.74, 6) is -0.141. The van der Waals surface area contributed by atoms with E-state index in [0.29, 0.717) is 21.4 Å². The Morgan fingerprint density at radius 1 is 0.882 bits per heavy atom. The maximum Gasteiger partial charge on any atom is 0.329 e. The molecule has 3 aromatic carbocycles. The number of urea groups is 1. The number of nitrogens with zero attached hydrogens (tertiary/aromatic N) is 1. The van der Waals surface area contributed by atoms with E-state index in [1.807, 2.05) is 31.2 Å². The van der Waals surface area contributed by atoms with Crippen molar-refractivity contribution in [3.63, 3.8) is 0 Å². The van der Waals surface area contributed by atoms with E-state index in [1.165, 1.54) is 6.08 Å². The van der Waals surface area contributed by atoms with Crippen molar-refractivity contribution in [1.82, 2.24) is 10.2 Å². The SMILES string of the molecule is Cc1cccc(CN2C(=O)N/C(=C/c3cc(Cl)c(OCc4ccc(Cl)c(Cl)c4)c(Cl)c3)C2=O)c1. The fraction of sp³-hybridized carbons (Fsp3) is 0.120. The summed E-state index contributed by atoms with van der Waals surface area (Å²) in [5.41, 5.74) is 3.37. The van der Waals surface area contributed by atoms with Crippen LogP contribution in [0.4, 0.5) is 4.79 Å². The number of nitrogens with one attached hydrogen (secondary N) is 1. The molecule has 174 valence electrons. The molecule has 4 rings (SSSR count). The predicted molar refractivity (Wildman–Crippen MR) is 135 cm³/mol. The molecule has 0 bridgehead atoms. The Kier molecular flexibility index (Phi) is 7.39. The fourth-order valence-corrected chi connectivity index (χ4v) is 4.39. The third-order valence-corrected chi connectivity index (χ3v) is 6.38. The molecule has 0 aliphatic carbocycles. The number of imide groups is 1. The normalized spacial score (nSPS) is 14.6. The quantitative estimate of drug-likeness (QED) is 0.266. The molecule has 0 aromatic heterocycles. The molecule has 0 saturated carbocycles. The molecule has 5 nitrogen and oxygen atoms in total. The van der Waals surface area contributed by atoms with E-state index >= 15 is 0 Å². The lowest BCUT2D eigenvalue weighted by molar-refractivity contribution is -0.123. The van der Waals surface area contributed by atoms with Crippen molar-refractivity contribution in [2.75, 3.05) is 0 Å². The van der Waals surface area contributed by atoms with Gasteiger partial charge in [0.2, 0.25) is 0 Å². The van der Waals surface area contributed by atoms with Crippen LogP contribution in [-0.2, 0) is 17.9 Å². The van der Waals surface area contributed by atoms with Crippen LogP contribution in [0.25, 0.3) is 6.08 Å². The maximum absolute atomic E-state index is 12.8. The molecular formula is C25H18Cl4N2O3. The minimum atomic E-state index is -0.489. The topological polar surface area (TPSA) is 58.6 Å². The van der Waals surface area contributed by atoms with E-state index in [0.717, 1.165) is 21.6 Å². The van der Waals surface area contributed by atoms with Gasteiger partial charge in [0.25, 0.3) is 5.91 Å². The average Bonchev–Trinajstić information content (AvgIpc) is 3.03. The van der Waals surface area contributed by atoms with Crippen molar-refractivity contribution in [2.24, 2.45) is 0 Å². The Morgan fingerprint density at radius 2 is 1.62 bits per heavy atom. The highest BCUT2D eigenvalue weighted by molar-refractivity contribution is 6.42. The minimum absolute atomic E-state index is 0.134. The van der Waals surface area contributed by atoms with E-state index in [2.05, 4.69) is 5.32 Å². The number of carbonyl (C=O) groups is 2. The second kappa shape index (κ2) is 10.3. The van der Waals surface area contributed by atoms with Crippen LogP contribution in [0.2, 0.25) is 20.1 Å². The number of hydrogen-bond donors (Lipinski definition) is 1. The summed E-state index contributed by atoms with van der Waals surface area (Å²) >= 11 is 24.8. The highest BCUT2D eigenvalue weighted by atomic mass is 35.5. The van der Waals surface area contributed by atoms with Gasteiger partial charge in [-0.25, -0.2) is 4.79 Å². The van der Waals surface area contributed by atoms with Gasteiger partial charge in [0.1, 0.15) is 12.3 Å². The third kappa shape index (κ3) is 5.50. The molecule has 0 radical (unpaired) electrons. The van der Waals surface area contributed by atoms with Gasteiger partial charge in [-0.15, -0.1) is 0 Å². The Bertz CT molecular complexity index is 1300.